The second-order valence-corrected chi connectivity index (χ2v) is 5.73. The molecule has 1 unspecified atom stereocenters. The average molecular weight is 277 g/mol. The van der Waals surface area contributed by atoms with E-state index >= 15 is 0 Å². The van der Waals surface area contributed by atoms with Crippen LogP contribution in [0, 0.1) is 0 Å². The summed E-state index contributed by atoms with van der Waals surface area (Å²) in [6.45, 7) is 11.6. The Morgan fingerprint density at radius 1 is 0.950 bits per heavy atom. The van der Waals surface area contributed by atoms with Crippen molar-refractivity contribution in [2.24, 2.45) is 0 Å². The fourth-order valence-electron chi connectivity index (χ4n) is 2.27. The van der Waals surface area contributed by atoms with Gasteiger partial charge in [-0.05, 0) is 42.9 Å². The number of ether oxygens (including phenoxy) is 1. The first-order chi connectivity index (χ1) is 9.69. The van der Waals surface area contributed by atoms with E-state index in [0.29, 0.717) is 12.0 Å². The van der Waals surface area contributed by atoms with Crippen molar-refractivity contribution < 1.29 is 4.74 Å². The molecule has 1 rings (SSSR count). The maximum absolute atomic E-state index is 5.64. The molecule has 1 aromatic rings. The van der Waals surface area contributed by atoms with Crippen molar-refractivity contribution in [3.8, 4) is 0 Å². The van der Waals surface area contributed by atoms with Gasteiger partial charge in [0.15, 0.2) is 0 Å². The normalized spacial score (nSPS) is 12.8. The minimum Gasteiger partial charge on any atom is -0.381 e. The zero-order valence-electron chi connectivity index (χ0n) is 13.6. The maximum Gasteiger partial charge on any atom is 0.0484 e. The summed E-state index contributed by atoms with van der Waals surface area (Å²) in [4.78, 5) is 0. The highest BCUT2D eigenvalue weighted by Crippen LogP contribution is 2.21. The van der Waals surface area contributed by atoms with Crippen LogP contribution >= 0.6 is 0 Å². The lowest BCUT2D eigenvalue weighted by atomic mass is 9.98. The highest BCUT2D eigenvalue weighted by Gasteiger charge is 2.11. The second-order valence-electron chi connectivity index (χ2n) is 5.73. The van der Waals surface area contributed by atoms with Gasteiger partial charge in [-0.25, -0.2) is 0 Å². The Bertz CT molecular complexity index is 345. The molecule has 2 heteroatoms. The number of benzene rings is 1. The van der Waals surface area contributed by atoms with Crippen molar-refractivity contribution in [2.45, 2.75) is 58.9 Å². The van der Waals surface area contributed by atoms with Crippen LogP contribution in [0.25, 0.3) is 0 Å². The quantitative estimate of drug-likeness (QED) is 0.628. The molecule has 20 heavy (non-hydrogen) atoms. The van der Waals surface area contributed by atoms with E-state index in [1.54, 1.807) is 0 Å². The summed E-state index contributed by atoms with van der Waals surface area (Å²) in [5.74, 6) is 0.596. The molecule has 0 heterocycles. The molecule has 0 saturated heterocycles. The summed E-state index contributed by atoms with van der Waals surface area (Å²) in [7, 11) is 0. The third kappa shape index (κ3) is 6.06. The van der Waals surface area contributed by atoms with Crippen LogP contribution in [0.5, 0.6) is 0 Å². The Labute approximate surface area is 124 Å². The third-order valence-corrected chi connectivity index (χ3v) is 3.55. The smallest absolute Gasteiger partial charge is 0.0484 e. The lowest BCUT2D eigenvalue weighted by molar-refractivity contribution is 0.124. The predicted octanol–water partition coefficient (Wildman–Crippen LogP) is 4.67. The fourth-order valence-corrected chi connectivity index (χ4v) is 2.27. The largest absolute Gasteiger partial charge is 0.381 e. The van der Waals surface area contributed by atoms with Crippen LogP contribution in [0.3, 0.4) is 0 Å². The van der Waals surface area contributed by atoms with Gasteiger partial charge in [-0.15, -0.1) is 0 Å². The number of nitrogens with one attached hydrogen (secondary N) is 1. The van der Waals surface area contributed by atoms with Crippen molar-refractivity contribution in [3.05, 3.63) is 35.4 Å². The minimum atomic E-state index is 0.410. The maximum atomic E-state index is 5.64. The summed E-state index contributed by atoms with van der Waals surface area (Å²) >= 11 is 0. The average Bonchev–Trinajstić information content (AvgIpc) is 2.47. The lowest BCUT2D eigenvalue weighted by Crippen LogP contribution is -2.23. The van der Waals surface area contributed by atoms with E-state index in [1.165, 1.54) is 11.1 Å². The molecule has 1 aromatic carbocycles. The first kappa shape index (κ1) is 17.2. The van der Waals surface area contributed by atoms with E-state index in [0.717, 1.165) is 39.0 Å². The molecule has 0 aliphatic heterocycles. The molecule has 0 radical (unpaired) electrons. The summed E-state index contributed by atoms with van der Waals surface area (Å²) in [6.07, 6.45) is 3.30. The highest BCUT2D eigenvalue weighted by molar-refractivity contribution is 5.26. The van der Waals surface area contributed by atoms with Gasteiger partial charge in [0.25, 0.3) is 0 Å². The molecular formula is C18H31NO. The second kappa shape index (κ2) is 9.95. The molecule has 0 aliphatic rings. The van der Waals surface area contributed by atoms with Crippen LogP contribution in [-0.4, -0.2) is 19.8 Å². The van der Waals surface area contributed by atoms with Gasteiger partial charge in [-0.1, -0.05) is 52.0 Å². The molecule has 0 bridgehead atoms. The van der Waals surface area contributed by atoms with Gasteiger partial charge in [-0.3, -0.25) is 0 Å². The van der Waals surface area contributed by atoms with E-state index in [2.05, 4.69) is 57.3 Å². The number of rotatable bonds is 10. The monoisotopic (exact) mass is 277 g/mol. The van der Waals surface area contributed by atoms with Gasteiger partial charge >= 0.3 is 0 Å². The van der Waals surface area contributed by atoms with Gasteiger partial charge in [0.05, 0.1) is 0 Å². The van der Waals surface area contributed by atoms with Crippen LogP contribution in [0.2, 0.25) is 0 Å². The Hall–Kier alpha value is -0.860. The Kier molecular flexibility index (Phi) is 8.56. The van der Waals surface area contributed by atoms with Gasteiger partial charge in [-0.2, -0.15) is 0 Å². The van der Waals surface area contributed by atoms with E-state index < -0.39 is 0 Å². The van der Waals surface area contributed by atoms with Gasteiger partial charge in [0.2, 0.25) is 0 Å². The molecule has 0 saturated carbocycles. The standard InChI is InChI=1S/C18H31NO/c1-5-12-19-18(11-14-20-13-6-2)17-9-7-16(8-10-17)15(3)4/h7-10,15,18-19H,5-6,11-14H2,1-4H3. The Morgan fingerprint density at radius 3 is 2.15 bits per heavy atom. The van der Waals surface area contributed by atoms with E-state index in [1.807, 2.05) is 0 Å². The third-order valence-electron chi connectivity index (χ3n) is 3.55. The van der Waals surface area contributed by atoms with Crippen molar-refractivity contribution in [3.63, 3.8) is 0 Å². The van der Waals surface area contributed by atoms with Crippen LogP contribution in [-0.2, 0) is 4.74 Å². The number of hydrogen-bond donors (Lipinski definition) is 1. The Morgan fingerprint density at radius 2 is 1.60 bits per heavy atom. The molecule has 0 aromatic heterocycles. The first-order valence-corrected chi connectivity index (χ1v) is 8.10. The predicted molar refractivity (Wildman–Crippen MR) is 87.3 cm³/mol. The highest BCUT2D eigenvalue weighted by atomic mass is 16.5. The molecule has 0 aliphatic carbocycles. The van der Waals surface area contributed by atoms with Crippen LogP contribution in [0.15, 0.2) is 24.3 Å². The molecular weight excluding hydrogens is 246 g/mol. The Balaban J connectivity index is 2.60. The van der Waals surface area contributed by atoms with E-state index in [4.69, 9.17) is 4.74 Å². The first-order valence-electron chi connectivity index (χ1n) is 8.10. The van der Waals surface area contributed by atoms with Gasteiger partial charge in [0, 0.05) is 19.3 Å². The van der Waals surface area contributed by atoms with Crippen molar-refractivity contribution >= 4 is 0 Å². The lowest BCUT2D eigenvalue weighted by Gasteiger charge is -2.20. The zero-order chi connectivity index (χ0) is 14.8. The van der Waals surface area contributed by atoms with Crippen LogP contribution in [0.1, 0.15) is 70.0 Å². The van der Waals surface area contributed by atoms with E-state index in [-0.39, 0.29) is 0 Å². The molecule has 2 nitrogen and oxygen atoms in total. The summed E-state index contributed by atoms with van der Waals surface area (Å²) in [6, 6.07) is 9.46. The molecule has 0 spiro atoms. The SMILES string of the molecule is CCCNC(CCOCCC)c1ccc(C(C)C)cc1. The molecule has 0 amide bonds. The molecule has 114 valence electrons. The fraction of sp³-hybridized carbons (Fsp3) is 0.667. The van der Waals surface area contributed by atoms with Crippen molar-refractivity contribution in [1.82, 2.24) is 5.32 Å². The van der Waals surface area contributed by atoms with Gasteiger partial charge in [0.1, 0.15) is 0 Å². The molecule has 0 fully saturated rings. The van der Waals surface area contributed by atoms with Crippen molar-refractivity contribution in [2.75, 3.05) is 19.8 Å². The van der Waals surface area contributed by atoms with Gasteiger partial charge < -0.3 is 10.1 Å². The molecule has 1 atom stereocenters. The van der Waals surface area contributed by atoms with E-state index in [9.17, 15) is 0 Å². The van der Waals surface area contributed by atoms with Crippen molar-refractivity contribution in [1.29, 1.82) is 0 Å². The topological polar surface area (TPSA) is 21.3 Å². The van der Waals surface area contributed by atoms with Crippen LogP contribution in [0.4, 0.5) is 0 Å². The summed E-state index contributed by atoms with van der Waals surface area (Å²) in [5, 5.41) is 3.63. The van der Waals surface area contributed by atoms with Crippen LogP contribution < -0.4 is 5.32 Å². The number of hydrogen-bond acceptors (Lipinski definition) is 2. The summed E-state index contributed by atoms with van der Waals surface area (Å²) < 4.78 is 5.64. The minimum absolute atomic E-state index is 0.410. The summed E-state index contributed by atoms with van der Waals surface area (Å²) in [5.41, 5.74) is 2.79. The molecule has 1 N–H and O–H groups in total. The zero-order valence-corrected chi connectivity index (χ0v) is 13.6.